The minimum Gasteiger partial charge on any atom is -0.397 e. The highest BCUT2D eigenvalue weighted by molar-refractivity contribution is 9.10. The van der Waals surface area contributed by atoms with Crippen LogP contribution in [0.5, 0.6) is 0 Å². The maximum Gasteiger partial charge on any atom is 0.241 e. The third-order valence-corrected chi connectivity index (χ3v) is 3.05. The lowest BCUT2D eigenvalue weighted by Gasteiger charge is -2.19. The number of nitrogens with one attached hydrogen (secondary N) is 1. The lowest BCUT2D eigenvalue weighted by atomic mass is 10.2. The molecule has 0 fully saturated rings. The van der Waals surface area contributed by atoms with Crippen LogP contribution < -0.4 is 11.1 Å². The highest BCUT2D eigenvalue weighted by Crippen LogP contribution is 2.22. The number of halogens is 1. The number of carbonyl (C=O) groups is 1. The number of anilines is 2. The van der Waals surface area contributed by atoms with E-state index in [0.29, 0.717) is 5.69 Å². The first-order valence-electron chi connectivity index (χ1n) is 5.65. The fourth-order valence-corrected chi connectivity index (χ4v) is 1.93. The van der Waals surface area contributed by atoms with Crippen molar-refractivity contribution < 1.29 is 4.79 Å². The van der Waals surface area contributed by atoms with Gasteiger partial charge in [-0.2, -0.15) is 0 Å². The number of likely N-dealkylation sites (N-methyl/N-ethyl adjacent to an activating group) is 1. The molecule has 1 aromatic carbocycles. The van der Waals surface area contributed by atoms with Crippen molar-refractivity contribution in [3.05, 3.63) is 22.7 Å². The fourth-order valence-electron chi connectivity index (χ4n) is 1.55. The summed E-state index contributed by atoms with van der Waals surface area (Å²) in [5.41, 5.74) is 7.25. The summed E-state index contributed by atoms with van der Waals surface area (Å²) in [4.78, 5) is 13.6. The Morgan fingerprint density at radius 1 is 1.41 bits per heavy atom. The molecule has 94 valence electrons. The third kappa shape index (κ3) is 3.93. The minimum atomic E-state index is 0.0809. The maximum atomic E-state index is 11.8. The van der Waals surface area contributed by atoms with E-state index in [1.165, 1.54) is 0 Å². The summed E-state index contributed by atoms with van der Waals surface area (Å²) < 4.78 is 0.926. The lowest BCUT2D eigenvalue weighted by Crippen LogP contribution is -2.35. The number of rotatable bonds is 5. The standard InChI is InChI=1S/C12H18BrN3O/c1-3-16(4-2)12(17)8-15-11-6-5-9(13)7-10(11)14/h5-7,15H,3-4,8,14H2,1-2H3. The molecular weight excluding hydrogens is 282 g/mol. The Kier molecular flexibility index (Phi) is 5.28. The van der Waals surface area contributed by atoms with Gasteiger partial charge in [0.2, 0.25) is 5.91 Å². The van der Waals surface area contributed by atoms with E-state index in [1.54, 1.807) is 4.90 Å². The van der Waals surface area contributed by atoms with E-state index in [2.05, 4.69) is 21.2 Å². The van der Waals surface area contributed by atoms with Crippen molar-refractivity contribution in [3.63, 3.8) is 0 Å². The van der Waals surface area contributed by atoms with E-state index < -0.39 is 0 Å². The Hall–Kier alpha value is -1.23. The molecular formula is C12H18BrN3O. The Morgan fingerprint density at radius 2 is 2.06 bits per heavy atom. The highest BCUT2D eigenvalue weighted by atomic mass is 79.9. The van der Waals surface area contributed by atoms with E-state index in [1.807, 2.05) is 32.0 Å². The molecule has 0 aliphatic rings. The molecule has 5 heteroatoms. The summed E-state index contributed by atoms with van der Waals surface area (Å²) in [5, 5.41) is 3.05. The first kappa shape index (κ1) is 13.8. The smallest absolute Gasteiger partial charge is 0.241 e. The first-order valence-corrected chi connectivity index (χ1v) is 6.44. The molecule has 0 bridgehead atoms. The van der Waals surface area contributed by atoms with E-state index in [0.717, 1.165) is 23.2 Å². The molecule has 0 spiro atoms. The molecule has 0 radical (unpaired) electrons. The third-order valence-electron chi connectivity index (χ3n) is 2.56. The SMILES string of the molecule is CCN(CC)C(=O)CNc1ccc(Br)cc1N. The van der Waals surface area contributed by atoms with Crippen molar-refractivity contribution in [1.29, 1.82) is 0 Å². The lowest BCUT2D eigenvalue weighted by molar-refractivity contribution is -0.128. The summed E-state index contributed by atoms with van der Waals surface area (Å²) in [6, 6.07) is 5.56. The van der Waals surface area contributed by atoms with Gasteiger partial charge in [-0.3, -0.25) is 4.79 Å². The van der Waals surface area contributed by atoms with Crippen LogP contribution in [0.2, 0.25) is 0 Å². The van der Waals surface area contributed by atoms with Crippen molar-refractivity contribution in [2.24, 2.45) is 0 Å². The van der Waals surface area contributed by atoms with Gasteiger partial charge in [0.15, 0.2) is 0 Å². The van der Waals surface area contributed by atoms with Crippen LogP contribution in [0.25, 0.3) is 0 Å². The van der Waals surface area contributed by atoms with Crippen LogP contribution >= 0.6 is 15.9 Å². The number of hydrogen-bond acceptors (Lipinski definition) is 3. The quantitative estimate of drug-likeness (QED) is 0.820. The summed E-state index contributed by atoms with van der Waals surface area (Å²) >= 11 is 3.34. The molecule has 0 saturated heterocycles. The van der Waals surface area contributed by atoms with Gasteiger partial charge in [0.05, 0.1) is 17.9 Å². The number of carbonyl (C=O) groups excluding carboxylic acids is 1. The van der Waals surface area contributed by atoms with Gasteiger partial charge in [-0.15, -0.1) is 0 Å². The van der Waals surface area contributed by atoms with Gasteiger partial charge in [-0.05, 0) is 32.0 Å². The molecule has 17 heavy (non-hydrogen) atoms. The first-order chi connectivity index (χ1) is 8.08. The number of hydrogen-bond donors (Lipinski definition) is 2. The van der Waals surface area contributed by atoms with Gasteiger partial charge >= 0.3 is 0 Å². The Bertz CT molecular complexity index is 391. The number of nitrogen functional groups attached to an aromatic ring is 1. The van der Waals surface area contributed by atoms with Crippen molar-refractivity contribution in [2.45, 2.75) is 13.8 Å². The Morgan fingerprint density at radius 3 is 2.59 bits per heavy atom. The van der Waals surface area contributed by atoms with Crippen LogP contribution in [0.4, 0.5) is 11.4 Å². The Labute approximate surface area is 110 Å². The molecule has 1 aromatic rings. The van der Waals surface area contributed by atoms with Gasteiger partial charge in [-0.1, -0.05) is 15.9 Å². The second kappa shape index (κ2) is 6.49. The largest absolute Gasteiger partial charge is 0.397 e. The van der Waals surface area contributed by atoms with E-state index in [9.17, 15) is 4.79 Å². The topological polar surface area (TPSA) is 58.4 Å². The van der Waals surface area contributed by atoms with Crippen LogP contribution in [-0.2, 0) is 4.79 Å². The summed E-state index contributed by atoms with van der Waals surface area (Å²) in [6.07, 6.45) is 0. The molecule has 0 aliphatic carbocycles. The number of amides is 1. The van der Waals surface area contributed by atoms with Crippen LogP contribution in [-0.4, -0.2) is 30.4 Å². The maximum absolute atomic E-state index is 11.8. The van der Waals surface area contributed by atoms with Crippen LogP contribution in [0.15, 0.2) is 22.7 Å². The van der Waals surface area contributed by atoms with Gasteiger partial charge in [0.25, 0.3) is 0 Å². The zero-order chi connectivity index (χ0) is 12.8. The average molecular weight is 300 g/mol. The van der Waals surface area contributed by atoms with E-state index in [4.69, 9.17) is 5.73 Å². The fraction of sp³-hybridized carbons (Fsp3) is 0.417. The molecule has 0 unspecified atom stereocenters. The molecule has 3 N–H and O–H groups in total. The zero-order valence-corrected chi connectivity index (χ0v) is 11.8. The Balaban J connectivity index is 2.58. The molecule has 0 saturated carbocycles. The van der Waals surface area contributed by atoms with Gasteiger partial charge in [-0.25, -0.2) is 0 Å². The van der Waals surface area contributed by atoms with Crippen molar-refractivity contribution >= 4 is 33.2 Å². The molecule has 1 rings (SSSR count). The molecule has 1 amide bonds. The zero-order valence-electron chi connectivity index (χ0n) is 10.2. The van der Waals surface area contributed by atoms with E-state index in [-0.39, 0.29) is 12.5 Å². The van der Waals surface area contributed by atoms with Gasteiger partial charge in [0.1, 0.15) is 0 Å². The number of nitrogens with two attached hydrogens (primary N) is 1. The highest BCUT2D eigenvalue weighted by Gasteiger charge is 2.09. The minimum absolute atomic E-state index is 0.0809. The molecule has 0 aromatic heterocycles. The van der Waals surface area contributed by atoms with Crippen LogP contribution in [0.1, 0.15) is 13.8 Å². The van der Waals surface area contributed by atoms with Gasteiger partial charge < -0.3 is 16.0 Å². The van der Waals surface area contributed by atoms with Crippen molar-refractivity contribution in [2.75, 3.05) is 30.7 Å². The normalized spacial score (nSPS) is 10.1. The molecule has 0 heterocycles. The summed E-state index contributed by atoms with van der Waals surface area (Å²) in [5.74, 6) is 0.0809. The van der Waals surface area contributed by atoms with Crippen molar-refractivity contribution in [1.82, 2.24) is 4.90 Å². The van der Waals surface area contributed by atoms with Crippen LogP contribution in [0, 0.1) is 0 Å². The predicted octanol–water partition coefficient (Wildman–Crippen LogP) is 2.31. The predicted molar refractivity (Wildman–Crippen MR) is 75.0 cm³/mol. The molecule has 0 atom stereocenters. The van der Waals surface area contributed by atoms with Crippen molar-refractivity contribution in [3.8, 4) is 0 Å². The molecule has 4 nitrogen and oxygen atoms in total. The number of nitrogens with zero attached hydrogens (tertiary/aromatic N) is 1. The summed E-state index contributed by atoms with van der Waals surface area (Å²) in [7, 11) is 0. The van der Waals surface area contributed by atoms with Crippen LogP contribution in [0.3, 0.4) is 0 Å². The van der Waals surface area contributed by atoms with E-state index >= 15 is 0 Å². The second-order valence-corrected chi connectivity index (χ2v) is 4.57. The monoisotopic (exact) mass is 299 g/mol. The average Bonchev–Trinajstić information content (AvgIpc) is 2.29. The number of benzene rings is 1. The summed E-state index contributed by atoms with van der Waals surface area (Å²) in [6.45, 7) is 5.66. The molecule has 0 aliphatic heterocycles. The van der Waals surface area contributed by atoms with Gasteiger partial charge in [0, 0.05) is 17.6 Å². The second-order valence-electron chi connectivity index (χ2n) is 3.65.